The fourth-order valence-electron chi connectivity index (χ4n) is 5.42. The molecule has 6 nitrogen and oxygen atoms in total. The number of hydrogen-bond acceptors (Lipinski definition) is 6. The van der Waals surface area contributed by atoms with Gasteiger partial charge in [-0.15, -0.1) is 0 Å². The van der Waals surface area contributed by atoms with Crippen molar-refractivity contribution in [2.24, 2.45) is 0 Å². The molecule has 32 heavy (non-hydrogen) atoms. The van der Waals surface area contributed by atoms with Crippen LogP contribution < -0.4 is 18.9 Å². The van der Waals surface area contributed by atoms with Crippen molar-refractivity contribution in [2.75, 3.05) is 21.3 Å². The van der Waals surface area contributed by atoms with Crippen LogP contribution in [-0.2, 0) is 11.2 Å². The summed E-state index contributed by atoms with van der Waals surface area (Å²) in [7, 11) is 4.70. The van der Waals surface area contributed by atoms with Crippen LogP contribution in [0.2, 0.25) is 0 Å². The minimum atomic E-state index is -1.74. The Hall–Kier alpha value is -3.22. The molecule has 0 bridgehead atoms. The number of aliphatic hydroxyl groups is 2. The first-order valence-corrected chi connectivity index (χ1v) is 10.5. The Morgan fingerprint density at radius 2 is 1.56 bits per heavy atom. The van der Waals surface area contributed by atoms with Crippen LogP contribution >= 0.6 is 0 Å². The third-order valence-electron chi connectivity index (χ3n) is 6.87. The fourth-order valence-corrected chi connectivity index (χ4v) is 5.42. The highest BCUT2D eigenvalue weighted by atomic mass is 16.5. The number of benzene rings is 3. The van der Waals surface area contributed by atoms with E-state index in [-0.39, 0.29) is 5.92 Å². The molecular weight excluding hydrogens is 408 g/mol. The van der Waals surface area contributed by atoms with Crippen LogP contribution in [0.5, 0.6) is 23.0 Å². The summed E-state index contributed by atoms with van der Waals surface area (Å²) >= 11 is 0. The van der Waals surface area contributed by atoms with Crippen molar-refractivity contribution in [1.82, 2.24) is 0 Å². The van der Waals surface area contributed by atoms with Crippen molar-refractivity contribution in [2.45, 2.75) is 29.6 Å². The summed E-state index contributed by atoms with van der Waals surface area (Å²) in [6, 6.07) is 20.7. The second kappa shape index (κ2) is 7.43. The minimum absolute atomic E-state index is 0.319. The lowest BCUT2D eigenvalue weighted by Gasteiger charge is -2.40. The summed E-state index contributed by atoms with van der Waals surface area (Å²) in [5, 5.41) is 23.7. The highest BCUT2D eigenvalue weighted by Crippen LogP contribution is 2.68. The third kappa shape index (κ3) is 2.60. The van der Waals surface area contributed by atoms with Gasteiger partial charge in [-0.1, -0.05) is 42.5 Å². The van der Waals surface area contributed by atoms with E-state index in [2.05, 4.69) is 0 Å². The Labute approximate surface area is 186 Å². The lowest BCUT2D eigenvalue weighted by molar-refractivity contribution is -0.150. The van der Waals surface area contributed by atoms with E-state index < -0.39 is 17.3 Å². The molecule has 1 aliphatic heterocycles. The molecule has 166 valence electrons. The minimum Gasteiger partial charge on any atom is -0.497 e. The van der Waals surface area contributed by atoms with Gasteiger partial charge in [-0.2, -0.15) is 0 Å². The molecule has 1 saturated carbocycles. The number of rotatable bonds is 5. The maximum absolute atomic E-state index is 12.4. The van der Waals surface area contributed by atoms with Gasteiger partial charge in [0.05, 0.1) is 33.0 Å². The van der Waals surface area contributed by atoms with E-state index in [4.69, 9.17) is 18.9 Å². The maximum Gasteiger partial charge on any atom is 0.176 e. The number of hydrogen-bond donors (Lipinski definition) is 2. The lowest BCUT2D eigenvalue weighted by atomic mass is 9.71. The molecule has 2 N–H and O–H groups in total. The second-order valence-corrected chi connectivity index (χ2v) is 8.25. The molecule has 1 aliphatic carbocycles. The molecule has 1 unspecified atom stereocenters. The van der Waals surface area contributed by atoms with Gasteiger partial charge in [0.2, 0.25) is 0 Å². The van der Waals surface area contributed by atoms with Crippen molar-refractivity contribution < 1.29 is 29.2 Å². The predicted molar refractivity (Wildman–Crippen MR) is 119 cm³/mol. The van der Waals surface area contributed by atoms with Crippen molar-refractivity contribution in [3.8, 4) is 23.0 Å². The quantitative estimate of drug-likeness (QED) is 0.637. The standard InChI is InChI=1S/C26H26O6/c1-29-18-11-9-17(10-12-18)26-20(16-7-5-4-6-8-16)15-23(27)25(26,28)24-21(31-3)13-19(30-2)14-22(24)32-26/h4-14,20,23,27-28H,15H2,1-3H3/t20-,23?,25+,26-/m0/s1. The zero-order valence-electron chi connectivity index (χ0n) is 18.2. The predicted octanol–water partition coefficient (Wildman–Crippen LogP) is 3.74. The van der Waals surface area contributed by atoms with Crippen molar-refractivity contribution in [3.63, 3.8) is 0 Å². The van der Waals surface area contributed by atoms with Gasteiger partial charge in [-0.25, -0.2) is 0 Å². The van der Waals surface area contributed by atoms with Crippen LogP contribution in [0.3, 0.4) is 0 Å². The molecule has 5 rings (SSSR count). The van der Waals surface area contributed by atoms with Gasteiger partial charge in [0.15, 0.2) is 11.2 Å². The van der Waals surface area contributed by atoms with Crippen molar-refractivity contribution in [1.29, 1.82) is 0 Å². The molecule has 1 fully saturated rings. The average Bonchev–Trinajstić information content (AvgIpc) is 3.24. The molecule has 6 heteroatoms. The Bertz CT molecular complexity index is 1130. The van der Waals surface area contributed by atoms with Gasteiger partial charge in [-0.3, -0.25) is 0 Å². The average molecular weight is 434 g/mol. The monoisotopic (exact) mass is 434 g/mol. The van der Waals surface area contributed by atoms with Crippen LogP contribution in [-0.4, -0.2) is 37.6 Å². The molecule has 3 aromatic rings. The van der Waals surface area contributed by atoms with E-state index in [9.17, 15) is 10.2 Å². The SMILES string of the molecule is COc1ccc([C@@]23Oc4cc(OC)cc(OC)c4[C@]2(O)C(O)C[C@H]3c2ccccc2)cc1. The Morgan fingerprint density at radius 1 is 0.875 bits per heavy atom. The molecule has 1 heterocycles. The third-order valence-corrected chi connectivity index (χ3v) is 6.87. The Balaban J connectivity index is 1.80. The highest BCUT2D eigenvalue weighted by molar-refractivity contribution is 5.62. The highest BCUT2D eigenvalue weighted by Gasteiger charge is 2.73. The Morgan fingerprint density at radius 3 is 2.19 bits per heavy atom. The zero-order chi connectivity index (χ0) is 22.5. The molecule has 4 atom stereocenters. The van der Waals surface area contributed by atoms with E-state index in [0.29, 0.717) is 35.0 Å². The summed E-state index contributed by atoms with van der Waals surface area (Å²) in [4.78, 5) is 0. The van der Waals surface area contributed by atoms with Crippen LogP contribution in [0.25, 0.3) is 0 Å². The lowest BCUT2D eigenvalue weighted by Crippen LogP contribution is -2.52. The maximum atomic E-state index is 12.4. The van der Waals surface area contributed by atoms with E-state index in [1.54, 1.807) is 26.4 Å². The normalized spacial score (nSPS) is 27.9. The molecule has 3 aromatic carbocycles. The van der Waals surface area contributed by atoms with Gasteiger partial charge in [0.1, 0.15) is 23.0 Å². The molecule has 0 radical (unpaired) electrons. The fraction of sp³-hybridized carbons (Fsp3) is 0.308. The topological polar surface area (TPSA) is 77.4 Å². The summed E-state index contributed by atoms with van der Waals surface area (Å²) in [6.45, 7) is 0. The largest absolute Gasteiger partial charge is 0.497 e. The first-order chi connectivity index (χ1) is 15.5. The van der Waals surface area contributed by atoms with Gasteiger partial charge in [0, 0.05) is 18.1 Å². The number of aliphatic hydroxyl groups excluding tert-OH is 1. The number of fused-ring (bicyclic) bond motifs is 3. The molecule has 0 amide bonds. The number of methoxy groups -OCH3 is 3. The molecule has 0 spiro atoms. The number of ether oxygens (including phenoxy) is 4. The van der Waals surface area contributed by atoms with Crippen molar-refractivity contribution >= 4 is 0 Å². The first kappa shape index (κ1) is 20.7. The molecule has 0 aromatic heterocycles. The van der Waals surface area contributed by atoms with Crippen LogP contribution in [0, 0.1) is 0 Å². The van der Waals surface area contributed by atoms with E-state index >= 15 is 0 Å². The van der Waals surface area contributed by atoms with Gasteiger partial charge in [-0.05, 0) is 29.7 Å². The second-order valence-electron chi connectivity index (χ2n) is 8.25. The van der Waals surface area contributed by atoms with E-state index in [0.717, 1.165) is 11.1 Å². The van der Waals surface area contributed by atoms with Gasteiger partial charge >= 0.3 is 0 Å². The van der Waals surface area contributed by atoms with Crippen LogP contribution in [0.1, 0.15) is 29.0 Å². The summed E-state index contributed by atoms with van der Waals surface area (Å²) in [5.41, 5.74) is -0.875. The smallest absolute Gasteiger partial charge is 0.176 e. The Kier molecular flexibility index (Phi) is 4.80. The van der Waals surface area contributed by atoms with Crippen LogP contribution in [0.15, 0.2) is 66.7 Å². The van der Waals surface area contributed by atoms with Crippen molar-refractivity contribution in [3.05, 3.63) is 83.4 Å². The van der Waals surface area contributed by atoms with Gasteiger partial charge < -0.3 is 29.2 Å². The molecule has 2 aliphatic rings. The van der Waals surface area contributed by atoms with E-state index in [1.807, 2.05) is 54.6 Å². The molecular formula is C26H26O6. The molecule has 0 saturated heterocycles. The van der Waals surface area contributed by atoms with Gasteiger partial charge in [0.25, 0.3) is 0 Å². The van der Waals surface area contributed by atoms with Crippen LogP contribution in [0.4, 0.5) is 0 Å². The zero-order valence-corrected chi connectivity index (χ0v) is 18.2. The van der Waals surface area contributed by atoms with E-state index in [1.165, 1.54) is 7.11 Å². The summed E-state index contributed by atoms with van der Waals surface area (Å²) in [6.07, 6.45) is -0.764. The first-order valence-electron chi connectivity index (χ1n) is 10.5. The summed E-state index contributed by atoms with van der Waals surface area (Å²) in [5.74, 6) is 1.75. The summed E-state index contributed by atoms with van der Waals surface area (Å²) < 4.78 is 23.1.